The molecule has 0 amide bonds. The predicted molar refractivity (Wildman–Crippen MR) is 162 cm³/mol. The van der Waals surface area contributed by atoms with Crippen molar-refractivity contribution >= 4 is 54.3 Å². The van der Waals surface area contributed by atoms with Crippen molar-refractivity contribution in [3.8, 4) is 32.8 Å². The van der Waals surface area contributed by atoms with E-state index >= 15 is 0 Å². The molecule has 0 atom stereocenters. The SMILES string of the molecule is c1cnc2cc(-c3cc(-c4nc5ccccc5s4)ccc3-c3cnc4c(ccc5cccnc54)c3)ccc2c1. The van der Waals surface area contributed by atoms with Crippen LogP contribution in [0.4, 0.5) is 0 Å². The number of thiazole rings is 1. The van der Waals surface area contributed by atoms with Crippen LogP contribution in [0.2, 0.25) is 0 Å². The van der Waals surface area contributed by atoms with Gasteiger partial charge in [-0.3, -0.25) is 15.0 Å². The van der Waals surface area contributed by atoms with Gasteiger partial charge in [0.1, 0.15) is 5.01 Å². The van der Waals surface area contributed by atoms with E-state index in [1.807, 2.05) is 36.8 Å². The lowest BCUT2D eigenvalue weighted by Crippen LogP contribution is -1.91. The second-order valence-electron chi connectivity index (χ2n) is 9.59. The standard InChI is InChI=1S/C34H20N4S/c1-2-8-31-29(7-1)38-34(39-31)25-13-14-27(28(18-25)23-11-9-21-5-3-15-35-30(21)19-23)26-17-24-12-10-22-6-4-16-36-32(22)33(24)37-20-26/h1-20H. The molecule has 0 saturated heterocycles. The Morgan fingerprint density at radius 2 is 1.28 bits per heavy atom. The first-order chi connectivity index (χ1) is 19.3. The molecule has 0 fully saturated rings. The Labute approximate surface area is 228 Å². The molecular weight excluding hydrogens is 496 g/mol. The molecule has 4 heterocycles. The molecule has 0 aliphatic heterocycles. The zero-order valence-corrected chi connectivity index (χ0v) is 21.6. The fraction of sp³-hybridized carbons (Fsp3) is 0. The normalized spacial score (nSPS) is 11.6. The van der Waals surface area contributed by atoms with Crippen molar-refractivity contribution in [2.75, 3.05) is 0 Å². The molecule has 0 radical (unpaired) electrons. The molecule has 0 bridgehead atoms. The van der Waals surface area contributed by atoms with Crippen LogP contribution in [-0.4, -0.2) is 19.9 Å². The van der Waals surface area contributed by atoms with Gasteiger partial charge in [0.05, 0.1) is 26.8 Å². The first kappa shape index (κ1) is 22.0. The van der Waals surface area contributed by atoms with E-state index < -0.39 is 0 Å². The van der Waals surface area contributed by atoms with Crippen LogP contribution < -0.4 is 0 Å². The number of aromatic nitrogens is 4. The van der Waals surface area contributed by atoms with Gasteiger partial charge in [-0.05, 0) is 59.2 Å². The van der Waals surface area contributed by atoms with E-state index in [1.54, 1.807) is 11.3 Å². The van der Waals surface area contributed by atoms with E-state index in [4.69, 9.17) is 9.97 Å². The van der Waals surface area contributed by atoms with Gasteiger partial charge in [0.2, 0.25) is 0 Å². The molecule has 39 heavy (non-hydrogen) atoms. The van der Waals surface area contributed by atoms with Gasteiger partial charge in [0.15, 0.2) is 0 Å². The van der Waals surface area contributed by atoms with Crippen molar-refractivity contribution in [3.05, 3.63) is 122 Å². The van der Waals surface area contributed by atoms with E-state index in [-0.39, 0.29) is 0 Å². The molecule has 4 nitrogen and oxygen atoms in total. The molecule has 8 rings (SSSR count). The predicted octanol–water partition coefficient (Wildman–Crippen LogP) is 8.94. The highest BCUT2D eigenvalue weighted by Gasteiger charge is 2.15. The first-order valence-corrected chi connectivity index (χ1v) is 13.6. The maximum Gasteiger partial charge on any atom is 0.124 e. The minimum absolute atomic E-state index is 0.916. The number of hydrogen-bond acceptors (Lipinski definition) is 5. The summed E-state index contributed by atoms with van der Waals surface area (Å²) in [5.74, 6) is 0. The summed E-state index contributed by atoms with van der Waals surface area (Å²) < 4.78 is 1.19. The topological polar surface area (TPSA) is 51.6 Å². The van der Waals surface area contributed by atoms with Crippen LogP contribution in [0.3, 0.4) is 0 Å². The molecule has 0 N–H and O–H groups in total. The van der Waals surface area contributed by atoms with E-state index in [0.717, 1.165) is 71.1 Å². The van der Waals surface area contributed by atoms with E-state index in [2.05, 4.69) is 94.9 Å². The van der Waals surface area contributed by atoms with Gasteiger partial charge in [-0.25, -0.2) is 4.98 Å². The Balaban J connectivity index is 1.34. The molecule has 4 aromatic carbocycles. The minimum atomic E-state index is 0.916. The summed E-state index contributed by atoms with van der Waals surface area (Å²) in [6.45, 7) is 0. The van der Waals surface area contributed by atoms with Gasteiger partial charge in [-0.15, -0.1) is 11.3 Å². The summed E-state index contributed by atoms with van der Waals surface area (Å²) in [6, 6.07) is 36.0. The molecular formula is C34H20N4S. The third-order valence-electron chi connectivity index (χ3n) is 7.21. The Bertz CT molecular complexity index is 2170. The molecule has 4 aromatic heterocycles. The first-order valence-electron chi connectivity index (χ1n) is 12.8. The average Bonchev–Trinajstić information content (AvgIpc) is 3.45. The summed E-state index contributed by atoms with van der Waals surface area (Å²) in [5.41, 5.74) is 9.35. The summed E-state index contributed by atoms with van der Waals surface area (Å²) in [5, 5.41) is 4.30. The Morgan fingerprint density at radius 3 is 2.23 bits per heavy atom. The zero-order chi connectivity index (χ0) is 25.8. The second-order valence-corrected chi connectivity index (χ2v) is 10.6. The lowest BCUT2D eigenvalue weighted by Gasteiger charge is -2.13. The lowest BCUT2D eigenvalue weighted by atomic mass is 9.92. The number of nitrogens with zero attached hydrogens (tertiary/aromatic N) is 4. The van der Waals surface area contributed by atoms with E-state index in [0.29, 0.717) is 0 Å². The Morgan fingerprint density at radius 1 is 0.487 bits per heavy atom. The van der Waals surface area contributed by atoms with Crippen molar-refractivity contribution in [2.24, 2.45) is 0 Å². The number of para-hydroxylation sites is 1. The molecule has 8 aromatic rings. The van der Waals surface area contributed by atoms with Crippen molar-refractivity contribution < 1.29 is 0 Å². The number of pyridine rings is 3. The molecule has 0 saturated carbocycles. The molecule has 0 spiro atoms. The highest BCUT2D eigenvalue weighted by Crippen LogP contribution is 2.39. The fourth-order valence-corrected chi connectivity index (χ4v) is 6.24. The number of hydrogen-bond donors (Lipinski definition) is 0. The van der Waals surface area contributed by atoms with Crippen molar-refractivity contribution in [3.63, 3.8) is 0 Å². The Hall–Kier alpha value is -5.00. The third-order valence-corrected chi connectivity index (χ3v) is 8.30. The number of benzene rings is 4. The monoisotopic (exact) mass is 516 g/mol. The molecule has 0 aliphatic rings. The highest BCUT2D eigenvalue weighted by molar-refractivity contribution is 7.21. The summed E-state index contributed by atoms with van der Waals surface area (Å²) in [4.78, 5) is 19.0. The van der Waals surface area contributed by atoms with Gasteiger partial charge in [-0.2, -0.15) is 0 Å². The number of fused-ring (bicyclic) bond motifs is 5. The van der Waals surface area contributed by atoms with Crippen LogP contribution in [0, 0.1) is 0 Å². The van der Waals surface area contributed by atoms with Crippen LogP contribution in [0.25, 0.3) is 75.8 Å². The van der Waals surface area contributed by atoms with Crippen LogP contribution in [0.15, 0.2) is 122 Å². The fourth-order valence-electron chi connectivity index (χ4n) is 5.28. The summed E-state index contributed by atoms with van der Waals surface area (Å²) in [7, 11) is 0. The van der Waals surface area contributed by atoms with Crippen LogP contribution in [0.1, 0.15) is 0 Å². The average molecular weight is 517 g/mol. The molecule has 182 valence electrons. The largest absolute Gasteiger partial charge is 0.256 e. The smallest absolute Gasteiger partial charge is 0.124 e. The van der Waals surface area contributed by atoms with Crippen molar-refractivity contribution in [1.29, 1.82) is 0 Å². The van der Waals surface area contributed by atoms with Gasteiger partial charge in [-0.1, -0.05) is 60.7 Å². The van der Waals surface area contributed by atoms with Gasteiger partial charge < -0.3 is 0 Å². The highest BCUT2D eigenvalue weighted by atomic mass is 32.1. The van der Waals surface area contributed by atoms with Crippen molar-refractivity contribution in [2.45, 2.75) is 0 Å². The summed E-state index contributed by atoms with van der Waals surface area (Å²) in [6.07, 6.45) is 5.63. The zero-order valence-electron chi connectivity index (χ0n) is 20.7. The molecule has 0 unspecified atom stereocenters. The maximum absolute atomic E-state index is 4.93. The second kappa shape index (κ2) is 8.79. The minimum Gasteiger partial charge on any atom is -0.256 e. The molecule has 0 aliphatic carbocycles. The number of rotatable bonds is 3. The van der Waals surface area contributed by atoms with Crippen LogP contribution in [-0.2, 0) is 0 Å². The lowest BCUT2D eigenvalue weighted by molar-refractivity contribution is 1.37. The third kappa shape index (κ3) is 3.75. The Kier molecular flexibility index (Phi) is 4.96. The van der Waals surface area contributed by atoms with Crippen molar-refractivity contribution in [1.82, 2.24) is 19.9 Å². The van der Waals surface area contributed by atoms with E-state index in [1.165, 1.54) is 4.70 Å². The molecule has 5 heteroatoms. The van der Waals surface area contributed by atoms with E-state index in [9.17, 15) is 0 Å². The quantitative estimate of drug-likeness (QED) is 0.220. The van der Waals surface area contributed by atoms with Gasteiger partial charge in [0, 0.05) is 45.9 Å². The van der Waals surface area contributed by atoms with Gasteiger partial charge in [0.25, 0.3) is 0 Å². The summed E-state index contributed by atoms with van der Waals surface area (Å²) >= 11 is 1.72. The maximum atomic E-state index is 4.93. The van der Waals surface area contributed by atoms with Crippen LogP contribution >= 0.6 is 11.3 Å². The van der Waals surface area contributed by atoms with Crippen LogP contribution in [0.5, 0.6) is 0 Å². The van der Waals surface area contributed by atoms with Gasteiger partial charge >= 0.3 is 0 Å².